The minimum Gasteiger partial charge on any atom is -0.313 e. The van der Waals surface area contributed by atoms with Crippen molar-refractivity contribution in [1.29, 1.82) is 5.41 Å². The zero-order chi connectivity index (χ0) is 11.1. The van der Waals surface area contributed by atoms with E-state index in [1.165, 1.54) is 0 Å². The molecule has 2 heteroatoms. The van der Waals surface area contributed by atoms with E-state index in [0.29, 0.717) is 23.7 Å². The fourth-order valence-corrected chi connectivity index (χ4v) is 1.57. The van der Waals surface area contributed by atoms with Gasteiger partial charge >= 0.3 is 0 Å². The number of nitrogens with one attached hydrogen (secondary N) is 1. The minimum atomic E-state index is 0.360. The molecule has 0 aliphatic heterocycles. The highest BCUT2D eigenvalue weighted by molar-refractivity contribution is 5.60. The summed E-state index contributed by atoms with van der Waals surface area (Å²) < 4.78 is 0. The monoisotopic (exact) mass is 196 g/mol. The lowest BCUT2D eigenvalue weighted by Gasteiger charge is -2.21. The quantitative estimate of drug-likeness (QED) is 0.633. The molecule has 14 heavy (non-hydrogen) atoms. The summed E-state index contributed by atoms with van der Waals surface area (Å²) in [4.78, 5) is 4.39. The molecule has 0 heterocycles. The van der Waals surface area contributed by atoms with Crippen LogP contribution in [0.15, 0.2) is 4.99 Å². The van der Waals surface area contributed by atoms with Gasteiger partial charge in [-0.2, -0.15) is 0 Å². The first kappa shape index (κ1) is 13.3. The van der Waals surface area contributed by atoms with Crippen molar-refractivity contribution in [1.82, 2.24) is 0 Å². The van der Waals surface area contributed by atoms with Gasteiger partial charge < -0.3 is 5.41 Å². The van der Waals surface area contributed by atoms with Gasteiger partial charge in [0.05, 0.1) is 0 Å². The van der Waals surface area contributed by atoms with Crippen molar-refractivity contribution >= 4 is 12.4 Å². The van der Waals surface area contributed by atoms with Gasteiger partial charge in [-0.1, -0.05) is 34.6 Å². The van der Waals surface area contributed by atoms with Crippen LogP contribution in [-0.2, 0) is 0 Å². The van der Waals surface area contributed by atoms with Gasteiger partial charge in [-0.05, 0) is 24.0 Å². The molecule has 82 valence electrons. The molecule has 0 spiro atoms. The van der Waals surface area contributed by atoms with E-state index in [0.717, 1.165) is 6.54 Å². The second-order valence-electron chi connectivity index (χ2n) is 4.72. The van der Waals surface area contributed by atoms with Crippen LogP contribution >= 0.6 is 0 Å². The van der Waals surface area contributed by atoms with Gasteiger partial charge in [-0.15, -0.1) is 0 Å². The van der Waals surface area contributed by atoms with Crippen molar-refractivity contribution in [2.75, 3.05) is 6.54 Å². The van der Waals surface area contributed by atoms with Crippen LogP contribution in [0.25, 0.3) is 0 Å². The summed E-state index contributed by atoms with van der Waals surface area (Å²) in [5, 5.41) is 7.36. The van der Waals surface area contributed by atoms with Crippen LogP contribution in [0.2, 0.25) is 0 Å². The molecule has 2 unspecified atom stereocenters. The van der Waals surface area contributed by atoms with Crippen LogP contribution in [-0.4, -0.2) is 19.0 Å². The number of nitrogens with zero attached hydrogens (tertiary/aromatic N) is 1. The Morgan fingerprint density at radius 3 is 2.07 bits per heavy atom. The molecule has 0 amide bonds. The summed E-state index contributed by atoms with van der Waals surface area (Å²) in [5.41, 5.74) is 0. The van der Waals surface area contributed by atoms with Crippen molar-refractivity contribution < 1.29 is 0 Å². The molecule has 0 fully saturated rings. The maximum Gasteiger partial charge on any atom is 0.0417 e. The van der Waals surface area contributed by atoms with Crippen molar-refractivity contribution in [3.63, 3.8) is 0 Å². The molecular formula is C12H24N2. The summed E-state index contributed by atoms with van der Waals surface area (Å²) in [6.07, 6.45) is 3.57. The normalized spacial score (nSPS) is 16.5. The molecule has 0 rings (SSSR count). The molecule has 0 aliphatic carbocycles. The molecule has 0 saturated carbocycles. The zero-order valence-corrected chi connectivity index (χ0v) is 10.1. The third kappa shape index (κ3) is 5.15. The Hall–Kier alpha value is -0.660. The largest absolute Gasteiger partial charge is 0.313 e. The summed E-state index contributed by atoms with van der Waals surface area (Å²) in [7, 11) is 0. The van der Waals surface area contributed by atoms with E-state index < -0.39 is 0 Å². The van der Waals surface area contributed by atoms with E-state index in [9.17, 15) is 0 Å². The average Bonchev–Trinajstić information content (AvgIpc) is 2.03. The number of rotatable bonds is 6. The Bertz CT molecular complexity index is 183. The molecule has 0 bridgehead atoms. The Balaban J connectivity index is 4.04. The van der Waals surface area contributed by atoms with Crippen LogP contribution in [0.1, 0.15) is 34.6 Å². The Morgan fingerprint density at radius 2 is 1.71 bits per heavy atom. The summed E-state index contributed by atoms with van der Waals surface area (Å²) in [5.74, 6) is 1.90. The highest BCUT2D eigenvalue weighted by Crippen LogP contribution is 2.18. The van der Waals surface area contributed by atoms with Crippen LogP contribution in [0.4, 0.5) is 0 Å². The first-order valence-corrected chi connectivity index (χ1v) is 5.49. The van der Waals surface area contributed by atoms with Crippen molar-refractivity contribution in [3.8, 4) is 0 Å². The van der Waals surface area contributed by atoms with Gasteiger partial charge in [0.2, 0.25) is 0 Å². The lowest BCUT2D eigenvalue weighted by molar-refractivity contribution is 0.370. The van der Waals surface area contributed by atoms with Gasteiger partial charge in [-0.25, -0.2) is 0 Å². The molecule has 2 nitrogen and oxygen atoms in total. The SMILES string of the molecule is CC(C)/C=N\CC(C)C(C=N)C(C)C. The molecule has 1 N–H and O–H groups in total. The molecule has 0 aromatic heterocycles. The van der Waals surface area contributed by atoms with Gasteiger partial charge in [0.25, 0.3) is 0 Å². The average molecular weight is 196 g/mol. The predicted octanol–water partition coefficient (Wildman–Crippen LogP) is 3.27. The van der Waals surface area contributed by atoms with Crippen LogP contribution < -0.4 is 0 Å². The maximum absolute atomic E-state index is 7.36. The molecule has 0 saturated heterocycles. The Morgan fingerprint density at radius 1 is 1.14 bits per heavy atom. The number of hydrogen-bond acceptors (Lipinski definition) is 2. The smallest absolute Gasteiger partial charge is 0.0417 e. The van der Waals surface area contributed by atoms with Crippen molar-refractivity contribution in [3.05, 3.63) is 0 Å². The standard InChI is InChI=1S/C12H24N2/c1-9(2)7-14-8-11(5)12(6-13)10(3)4/h6-7,9-13H,8H2,1-5H3/b13-6?,14-7-. The fraction of sp³-hybridized carbons (Fsp3) is 0.833. The molecule has 0 radical (unpaired) electrons. The maximum atomic E-state index is 7.36. The summed E-state index contributed by atoms with van der Waals surface area (Å²) >= 11 is 0. The van der Waals surface area contributed by atoms with Crippen LogP contribution in [0, 0.1) is 29.1 Å². The molecule has 0 aliphatic rings. The summed E-state index contributed by atoms with van der Waals surface area (Å²) in [6.45, 7) is 11.6. The Labute approximate surface area is 88.3 Å². The van der Waals surface area contributed by atoms with E-state index in [1.54, 1.807) is 6.21 Å². The molecule has 0 aromatic rings. The topological polar surface area (TPSA) is 36.2 Å². The molecule has 0 aromatic carbocycles. The molecule has 2 atom stereocenters. The van der Waals surface area contributed by atoms with Gasteiger partial charge in [0.1, 0.15) is 0 Å². The van der Waals surface area contributed by atoms with E-state index in [4.69, 9.17) is 5.41 Å². The van der Waals surface area contributed by atoms with Crippen LogP contribution in [0.5, 0.6) is 0 Å². The molecular weight excluding hydrogens is 172 g/mol. The van der Waals surface area contributed by atoms with Gasteiger partial charge in [-0.3, -0.25) is 4.99 Å². The number of hydrogen-bond donors (Lipinski definition) is 1. The van der Waals surface area contributed by atoms with Gasteiger partial charge in [0, 0.05) is 18.7 Å². The van der Waals surface area contributed by atoms with E-state index >= 15 is 0 Å². The van der Waals surface area contributed by atoms with Gasteiger partial charge in [0.15, 0.2) is 0 Å². The third-order valence-corrected chi connectivity index (χ3v) is 2.42. The highest BCUT2D eigenvalue weighted by atomic mass is 14.7. The third-order valence-electron chi connectivity index (χ3n) is 2.42. The second kappa shape index (κ2) is 6.74. The first-order chi connectivity index (χ1) is 6.49. The van der Waals surface area contributed by atoms with Crippen molar-refractivity contribution in [2.45, 2.75) is 34.6 Å². The second-order valence-corrected chi connectivity index (χ2v) is 4.72. The lowest BCUT2D eigenvalue weighted by atomic mass is 9.85. The lowest BCUT2D eigenvalue weighted by Crippen LogP contribution is -2.21. The van der Waals surface area contributed by atoms with Crippen molar-refractivity contribution in [2.24, 2.45) is 28.7 Å². The van der Waals surface area contributed by atoms with E-state index in [-0.39, 0.29) is 0 Å². The van der Waals surface area contributed by atoms with Crippen LogP contribution in [0.3, 0.4) is 0 Å². The first-order valence-electron chi connectivity index (χ1n) is 5.49. The van der Waals surface area contributed by atoms with E-state index in [2.05, 4.69) is 39.6 Å². The van der Waals surface area contributed by atoms with E-state index in [1.807, 2.05) is 6.21 Å². The Kier molecular flexibility index (Phi) is 6.43. The zero-order valence-electron chi connectivity index (χ0n) is 10.1. The minimum absolute atomic E-state index is 0.360. The summed E-state index contributed by atoms with van der Waals surface area (Å²) in [6, 6.07) is 0. The fourth-order valence-electron chi connectivity index (χ4n) is 1.57. The number of aliphatic imine (C=N–C) groups is 1. The highest BCUT2D eigenvalue weighted by Gasteiger charge is 2.17. The predicted molar refractivity (Wildman–Crippen MR) is 64.5 cm³/mol.